The van der Waals surface area contributed by atoms with Gasteiger partial charge < -0.3 is 4.74 Å². The Morgan fingerprint density at radius 1 is 1.06 bits per heavy atom. The zero-order chi connectivity index (χ0) is 24.6. The summed E-state index contributed by atoms with van der Waals surface area (Å²) in [6.07, 6.45) is 10.4. The van der Waals surface area contributed by atoms with Gasteiger partial charge in [0.25, 0.3) is 0 Å². The minimum Gasteiger partial charge on any atom is -0.362 e. The fraction of sp³-hybridized carbons (Fsp3) is 0.857. The highest BCUT2D eigenvalue weighted by atomic mass is 16.5. The summed E-state index contributed by atoms with van der Waals surface area (Å²) >= 11 is 0. The van der Waals surface area contributed by atoms with Gasteiger partial charge in [-0.25, -0.2) is 0 Å². The van der Waals surface area contributed by atoms with E-state index in [1.54, 1.807) is 0 Å². The van der Waals surface area contributed by atoms with Crippen molar-refractivity contribution in [2.45, 2.75) is 112 Å². The van der Waals surface area contributed by atoms with Crippen LogP contribution in [0.5, 0.6) is 0 Å². The first-order valence-corrected chi connectivity index (χ1v) is 13.3. The van der Waals surface area contributed by atoms with Crippen LogP contribution in [0, 0.1) is 16.7 Å². The third-order valence-electron chi connectivity index (χ3n) is 6.87. The normalized spacial score (nSPS) is 22.5. The number of nitrogens with zero attached hydrogens (tertiary/aromatic N) is 2. The predicted octanol–water partition coefficient (Wildman–Crippen LogP) is 6.18. The molecule has 5 heteroatoms. The van der Waals surface area contributed by atoms with E-state index < -0.39 is 0 Å². The van der Waals surface area contributed by atoms with E-state index in [1.165, 1.54) is 37.0 Å². The van der Waals surface area contributed by atoms with Crippen LogP contribution in [-0.2, 0) is 14.3 Å². The van der Waals surface area contributed by atoms with E-state index >= 15 is 0 Å². The Morgan fingerprint density at radius 3 is 2.42 bits per heavy atom. The summed E-state index contributed by atoms with van der Waals surface area (Å²) in [5.41, 5.74) is 1.49. The minimum atomic E-state index is -0.236. The van der Waals surface area contributed by atoms with E-state index in [0.717, 1.165) is 38.0 Å². The van der Waals surface area contributed by atoms with Crippen LogP contribution in [0.15, 0.2) is 12.2 Å². The molecule has 0 radical (unpaired) electrons. The lowest BCUT2D eigenvalue weighted by atomic mass is 9.72. The number of allylic oxidation sites excluding steroid dienone is 1. The Morgan fingerprint density at radius 2 is 1.76 bits per heavy atom. The van der Waals surface area contributed by atoms with E-state index in [0.29, 0.717) is 25.9 Å². The van der Waals surface area contributed by atoms with Gasteiger partial charge in [-0.05, 0) is 42.9 Å². The molecule has 0 saturated carbocycles. The number of imide groups is 1. The maximum absolute atomic E-state index is 13.0. The lowest BCUT2D eigenvalue weighted by Gasteiger charge is -2.33. The summed E-state index contributed by atoms with van der Waals surface area (Å²) in [6.45, 7) is 20.7. The topological polar surface area (TPSA) is 49.9 Å². The molecule has 2 aliphatic heterocycles. The molecule has 0 aromatic rings. The summed E-state index contributed by atoms with van der Waals surface area (Å²) in [5.74, 6) is -0.270. The number of hydrogen-bond donors (Lipinski definition) is 0. The molecule has 0 spiro atoms. The molecular weight excluding hydrogens is 412 g/mol. The molecular formula is C28H50N2O3. The fourth-order valence-electron chi connectivity index (χ4n) is 5.97. The summed E-state index contributed by atoms with van der Waals surface area (Å²) in [7, 11) is 0. The van der Waals surface area contributed by atoms with Crippen molar-refractivity contribution < 1.29 is 14.3 Å². The van der Waals surface area contributed by atoms with Gasteiger partial charge in [-0.1, -0.05) is 79.4 Å². The standard InChI is InChI=1S/C28H50N2O3/c1-8-9-10-11-12-13-25-29(16-17-33-25)14-15-30-24(31)19-23(26(30)32)18-22(2)20-28(6,7)21-27(3,4)5/h23,25H,2,8-21H2,1,3-7H3. The summed E-state index contributed by atoms with van der Waals surface area (Å²) in [5, 5.41) is 0. The van der Waals surface area contributed by atoms with Gasteiger partial charge in [0.05, 0.1) is 12.5 Å². The van der Waals surface area contributed by atoms with Crippen LogP contribution in [0.3, 0.4) is 0 Å². The van der Waals surface area contributed by atoms with Crippen molar-refractivity contribution in [3.8, 4) is 0 Å². The van der Waals surface area contributed by atoms with Crippen molar-refractivity contribution >= 4 is 11.8 Å². The third kappa shape index (κ3) is 9.52. The van der Waals surface area contributed by atoms with Crippen molar-refractivity contribution in [2.75, 3.05) is 26.2 Å². The molecule has 0 aliphatic carbocycles. The molecule has 2 saturated heterocycles. The lowest BCUT2D eigenvalue weighted by Crippen LogP contribution is -2.40. The number of likely N-dealkylation sites (tertiary alicyclic amines) is 1. The van der Waals surface area contributed by atoms with Crippen molar-refractivity contribution in [3.05, 3.63) is 12.2 Å². The minimum absolute atomic E-state index is 0.00833. The van der Waals surface area contributed by atoms with Crippen molar-refractivity contribution in [1.29, 1.82) is 0 Å². The number of hydrogen-bond acceptors (Lipinski definition) is 4. The molecule has 0 bridgehead atoms. The van der Waals surface area contributed by atoms with E-state index in [1.807, 2.05) is 0 Å². The van der Waals surface area contributed by atoms with E-state index in [-0.39, 0.29) is 34.8 Å². The molecule has 2 atom stereocenters. The Bertz CT molecular complexity index is 665. The number of rotatable bonds is 14. The Kier molecular flexibility index (Phi) is 10.6. The van der Waals surface area contributed by atoms with Gasteiger partial charge in [-0.3, -0.25) is 19.4 Å². The smallest absolute Gasteiger partial charge is 0.233 e. The highest BCUT2D eigenvalue weighted by Gasteiger charge is 2.39. The predicted molar refractivity (Wildman–Crippen MR) is 136 cm³/mol. The van der Waals surface area contributed by atoms with E-state index in [4.69, 9.17) is 4.74 Å². The van der Waals surface area contributed by atoms with Gasteiger partial charge in [0.2, 0.25) is 11.8 Å². The second kappa shape index (κ2) is 12.5. The number of carbonyl (C=O) groups excluding carboxylic acids is 2. The van der Waals surface area contributed by atoms with Gasteiger partial charge in [0.1, 0.15) is 6.23 Å². The van der Waals surface area contributed by atoms with Gasteiger partial charge in [0, 0.05) is 26.1 Å². The van der Waals surface area contributed by atoms with Crippen LogP contribution >= 0.6 is 0 Å². The quantitative estimate of drug-likeness (QED) is 0.176. The van der Waals surface area contributed by atoms with Gasteiger partial charge >= 0.3 is 0 Å². The maximum atomic E-state index is 13.0. The fourth-order valence-corrected chi connectivity index (χ4v) is 5.97. The second-order valence-corrected chi connectivity index (χ2v) is 12.4. The monoisotopic (exact) mass is 462 g/mol. The number of carbonyl (C=O) groups is 2. The lowest BCUT2D eigenvalue weighted by molar-refractivity contribution is -0.139. The van der Waals surface area contributed by atoms with Gasteiger partial charge in [-0.15, -0.1) is 0 Å². The molecule has 0 aromatic carbocycles. The van der Waals surface area contributed by atoms with Crippen LogP contribution in [0.1, 0.15) is 106 Å². The third-order valence-corrected chi connectivity index (χ3v) is 6.87. The number of amides is 2. The van der Waals surface area contributed by atoms with Crippen LogP contribution in [0.25, 0.3) is 0 Å². The molecule has 33 heavy (non-hydrogen) atoms. The summed E-state index contributed by atoms with van der Waals surface area (Å²) in [4.78, 5) is 29.5. The van der Waals surface area contributed by atoms with Gasteiger partial charge in [-0.2, -0.15) is 0 Å². The maximum Gasteiger partial charge on any atom is 0.233 e. The zero-order valence-electron chi connectivity index (χ0n) is 22.4. The largest absolute Gasteiger partial charge is 0.362 e. The first kappa shape index (κ1) is 28.0. The van der Waals surface area contributed by atoms with Crippen molar-refractivity contribution in [3.63, 3.8) is 0 Å². The molecule has 5 nitrogen and oxygen atoms in total. The number of ether oxygens (including phenoxy) is 1. The molecule has 2 aliphatic rings. The molecule has 0 N–H and O–H groups in total. The number of unbranched alkanes of at least 4 members (excludes halogenated alkanes) is 4. The van der Waals surface area contributed by atoms with Crippen molar-refractivity contribution in [1.82, 2.24) is 9.80 Å². The average molecular weight is 463 g/mol. The van der Waals surface area contributed by atoms with E-state index in [2.05, 4.69) is 53.0 Å². The molecule has 2 rings (SSSR count). The highest BCUT2D eigenvalue weighted by Crippen LogP contribution is 2.39. The molecule has 2 amide bonds. The summed E-state index contributed by atoms with van der Waals surface area (Å²) < 4.78 is 5.92. The first-order chi connectivity index (χ1) is 15.4. The second-order valence-electron chi connectivity index (χ2n) is 12.4. The van der Waals surface area contributed by atoms with Crippen LogP contribution in [-0.4, -0.2) is 54.1 Å². The van der Waals surface area contributed by atoms with Crippen LogP contribution < -0.4 is 0 Å². The van der Waals surface area contributed by atoms with Crippen molar-refractivity contribution in [2.24, 2.45) is 16.7 Å². The highest BCUT2D eigenvalue weighted by molar-refractivity contribution is 6.03. The molecule has 2 heterocycles. The van der Waals surface area contributed by atoms with Crippen LogP contribution in [0.2, 0.25) is 0 Å². The Balaban J connectivity index is 1.79. The van der Waals surface area contributed by atoms with Gasteiger partial charge in [0.15, 0.2) is 0 Å². The van der Waals surface area contributed by atoms with E-state index in [9.17, 15) is 9.59 Å². The molecule has 2 unspecified atom stereocenters. The molecule has 0 aromatic heterocycles. The Hall–Kier alpha value is -1.20. The molecule has 190 valence electrons. The molecule has 2 fully saturated rings. The van der Waals surface area contributed by atoms with Crippen LogP contribution in [0.4, 0.5) is 0 Å². The summed E-state index contributed by atoms with van der Waals surface area (Å²) in [6, 6.07) is 0. The zero-order valence-corrected chi connectivity index (χ0v) is 22.4. The Labute approximate surface area is 203 Å². The average Bonchev–Trinajstić information content (AvgIpc) is 3.21. The SMILES string of the molecule is C=C(CC1CC(=O)N(CCN2CCOC2CCCCCCC)C1=O)CC(C)(C)CC(C)(C)C. The first-order valence-electron chi connectivity index (χ1n) is 13.3.